The Morgan fingerprint density at radius 3 is 1.07 bits per heavy atom. The average Bonchev–Trinajstić information content (AvgIpc) is 3.30. The minimum absolute atomic E-state index is 0.417. The molecule has 6 N–H and O–H groups in total. The molecule has 23 nitrogen and oxygen atoms in total. The van der Waals surface area contributed by atoms with Gasteiger partial charge in [-0.1, -0.05) is 36.4 Å². The van der Waals surface area contributed by atoms with E-state index in [9.17, 15) is 19.2 Å². The Morgan fingerprint density at radius 2 is 0.698 bits per heavy atom. The summed E-state index contributed by atoms with van der Waals surface area (Å²) in [6.07, 6.45) is 0.404. The number of nitrogens with two attached hydrogens (primary N) is 1. The van der Waals surface area contributed by atoms with E-state index in [0.29, 0.717) is 59.6 Å². The number of amides is 4. The van der Waals surface area contributed by atoms with Gasteiger partial charge in [-0.2, -0.15) is 0 Å². The molecule has 0 saturated carbocycles. The molecular formula is C62H90BrN15O8. The fraction of sp³-hybridized carbons (Fsp3) is 0.452. The van der Waals surface area contributed by atoms with Gasteiger partial charge in [-0.3, -0.25) is 19.6 Å². The molecule has 0 saturated heterocycles. The second-order valence-electron chi connectivity index (χ2n) is 23.1. The van der Waals surface area contributed by atoms with Crippen molar-refractivity contribution in [3.8, 4) is 0 Å². The van der Waals surface area contributed by atoms with Crippen molar-refractivity contribution in [3.63, 3.8) is 0 Å². The zero-order valence-electron chi connectivity index (χ0n) is 53.3. The number of nitrogens with zero attached hydrogens (tertiary/aromatic N) is 10. The molecule has 0 fully saturated rings. The van der Waals surface area contributed by atoms with Gasteiger partial charge >= 0.3 is 24.4 Å². The SMILES string of the molecule is CN(C(=O)OC(C)(C)C)c1cccc(Br)n1.CN(C(=O)OC(C)(C)C)c1cccc(CCN)n1.CN(C(=O)OC(C)(C)C)c1cccc(CCNc2cccc(N(C)C(=O)OC(C)(C)C)n2)n1.CNc1cccc(CCNc2cccc(NC)n2)n1. The smallest absolute Gasteiger partial charge is 0.415 e. The molecule has 86 heavy (non-hydrogen) atoms. The number of rotatable bonds is 16. The Kier molecular flexibility index (Phi) is 28.4. The number of hydrogen-bond acceptors (Lipinski definition) is 19. The van der Waals surface area contributed by atoms with Crippen LogP contribution in [-0.2, 0) is 38.2 Å². The zero-order chi connectivity index (χ0) is 64.4. The lowest BCUT2D eigenvalue weighted by atomic mass is 10.2. The van der Waals surface area contributed by atoms with Crippen LogP contribution in [0.1, 0.15) is 100 Å². The molecular weight excluding hydrogens is 1160 g/mol. The van der Waals surface area contributed by atoms with E-state index < -0.39 is 46.8 Å². The summed E-state index contributed by atoms with van der Waals surface area (Å²) in [7, 11) is 10.3. The number of nitrogens with one attached hydrogen (secondary N) is 4. The van der Waals surface area contributed by atoms with Gasteiger partial charge < -0.3 is 45.9 Å². The van der Waals surface area contributed by atoms with Crippen LogP contribution in [0.25, 0.3) is 0 Å². The molecule has 0 aromatic carbocycles. The van der Waals surface area contributed by atoms with Gasteiger partial charge in [-0.25, -0.2) is 49.1 Å². The molecule has 0 bridgehead atoms. The Bertz CT molecular complexity index is 2960. The Morgan fingerprint density at radius 1 is 0.407 bits per heavy atom. The molecule has 0 unspecified atom stereocenters. The molecule has 6 heterocycles. The van der Waals surface area contributed by atoms with Crippen molar-refractivity contribution in [1.82, 2.24) is 29.9 Å². The normalized spacial score (nSPS) is 11.0. The largest absolute Gasteiger partial charge is 0.443 e. The highest BCUT2D eigenvalue weighted by molar-refractivity contribution is 9.10. The summed E-state index contributed by atoms with van der Waals surface area (Å²) in [4.78, 5) is 80.1. The molecule has 24 heteroatoms. The van der Waals surface area contributed by atoms with Crippen LogP contribution in [0.4, 0.5) is 65.7 Å². The van der Waals surface area contributed by atoms with Gasteiger partial charge in [-0.15, -0.1) is 0 Å². The summed E-state index contributed by atoms with van der Waals surface area (Å²) in [5.74, 6) is 5.36. The third-order valence-corrected chi connectivity index (χ3v) is 11.3. The summed E-state index contributed by atoms with van der Waals surface area (Å²) >= 11 is 3.25. The highest BCUT2D eigenvalue weighted by Crippen LogP contribution is 2.21. The second-order valence-corrected chi connectivity index (χ2v) is 24.0. The maximum absolute atomic E-state index is 12.3. The lowest BCUT2D eigenvalue weighted by molar-refractivity contribution is 0.0577. The van der Waals surface area contributed by atoms with Crippen LogP contribution in [-0.4, -0.2) is 139 Å². The van der Waals surface area contributed by atoms with Crippen LogP contribution < -0.4 is 46.6 Å². The molecule has 0 spiro atoms. The van der Waals surface area contributed by atoms with Crippen LogP contribution in [0.5, 0.6) is 0 Å². The number of halogens is 1. The van der Waals surface area contributed by atoms with Gasteiger partial charge in [0.2, 0.25) is 0 Å². The molecule has 0 aliphatic rings. The highest BCUT2D eigenvalue weighted by atomic mass is 79.9. The Hall–Kier alpha value is -8.38. The van der Waals surface area contributed by atoms with E-state index >= 15 is 0 Å². The first-order valence-corrected chi connectivity index (χ1v) is 28.8. The van der Waals surface area contributed by atoms with Crippen molar-refractivity contribution in [2.75, 3.05) is 103 Å². The van der Waals surface area contributed by atoms with Gasteiger partial charge in [0, 0.05) is 91.7 Å². The number of carbonyl (C=O) groups excluding carboxylic acids is 4. The van der Waals surface area contributed by atoms with E-state index in [1.807, 2.05) is 176 Å². The van der Waals surface area contributed by atoms with Gasteiger partial charge in [-0.05, 0) is 178 Å². The van der Waals surface area contributed by atoms with E-state index in [1.54, 1.807) is 58.5 Å². The van der Waals surface area contributed by atoms with Gasteiger partial charge in [0.1, 0.15) is 73.6 Å². The van der Waals surface area contributed by atoms with E-state index in [1.165, 1.54) is 19.6 Å². The molecule has 0 aliphatic heterocycles. The minimum Gasteiger partial charge on any atom is -0.443 e. The fourth-order valence-corrected chi connectivity index (χ4v) is 7.12. The highest BCUT2D eigenvalue weighted by Gasteiger charge is 2.25. The molecule has 6 aromatic rings. The first-order chi connectivity index (χ1) is 40.2. The summed E-state index contributed by atoms with van der Waals surface area (Å²) < 4.78 is 22.0. The third-order valence-electron chi connectivity index (χ3n) is 10.9. The number of aromatic nitrogens is 6. The van der Waals surface area contributed by atoms with E-state index in [0.717, 1.165) is 47.5 Å². The van der Waals surface area contributed by atoms with Crippen LogP contribution in [0.3, 0.4) is 0 Å². The lowest BCUT2D eigenvalue weighted by Crippen LogP contribution is -2.34. The molecule has 4 amide bonds. The van der Waals surface area contributed by atoms with Crippen molar-refractivity contribution >= 4 is 86.8 Å². The molecule has 6 rings (SSSR count). The second kappa shape index (κ2) is 33.9. The predicted octanol–water partition coefficient (Wildman–Crippen LogP) is 12.3. The molecule has 0 radical (unpaired) electrons. The van der Waals surface area contributed by atoms with E-state index in [-0.39, 0.29) is 0 Å². The van der Waals surface area contributed by atoms with E-state index in [4.69, 9.17) is 24.7 Å². The van der Waals surface area contributed by atoms with Gasteiger partial charge in [0.15, 0.2) is 0 Å². The molecule has 0 aliphatic carbocycles. The van der Waals surface area contributed by atoms with Crippen molar-refractivity contribution < 1.29 is 38.1 Å². The topological polar surface area (TPSA) is 270 Å². The van der Waals surface area contributed by atoms with Gasteiger partial charge in [0.25, 0.3) is 0 Å². The maximum Gasteiger partial charge on any atom is 0.415 e. The number of anilines is 8. The van der Waals surface area contributed by atoms with Crippen LogP contribution in [0, 0.1) is 0 Å². The number of ether oxygens (including phenoxy) is 4. The fourth-order valence-electron chi connectivity index (χ4n) is 6.79. The standard InChI is InChI=1S/C24H35N5O4.C14H19N5.C13H21N3O2.C11H15BrN2O2/c1-23(2,3)32-21(30)28(7)19-13-9-11-17(26-19)15-16-25-18-12-10-14-20(27-18)29(8)22(31)33-24(4,5)6;1-15-12-6-3-5-11(18-12)9-10-17-14-8-4-7-13(16-2)19-14;1-13(2,3)18-12(17)16(4)11-7-5-6-10(15-11)8-9-14;1-11(2,3)16-10(15)14(4)9-7-5-6-8(12)13-9/h9-14H,15-16H2,1-8H3,(H,25,27);3-8H,9-10H2,1-2H3,(H,15,18)(H2,16,17,19);5-7H,8-9,14H2,1-4H3;5-7H,1-4H3. The quantitative estimate of drug-likeness (QED) is 0.0445. The Labute approximate surface area is 516 Å². The molecule has 0 atom stereocenters. The predicted molar refractivity (Wildman–Crippen MR) is 348 cm³/mol. The monoisotopic (exact) mass is 1250 g/mol. The summed E-state index contributed by atoms with van der Waals surface area (Å²) in [6.45, 7) is 23.8. The number of carbonyl (C=O) groups is 4. The van der Waals surface area contributed by atoms with Crippen molar-refractivity contribution in [1.29, 1.82) is 0 Å². The van der Waals surface area contributed by atoms with Crippen LogP contribution in [0.2, 0.25) is 0 Å². The van der Waals surface area contributed by atoms with E-state index in [2.05, 4.69) is 67.1 Å². The average molecular weight is 1250 g/mol. The first-order valence-electron chi connectivity index (χ1n) is 28.0. The zero-order valence-corrected chi connectivity index (χ0v) is 54.9. The van der Waals surface area contributed by atoms with Crippen molar-refractivity contribution in [3.05, 3.63) is 131 Å². The summed E-state index contributed by atoms with van der Waals surface area (Å²) in [5, 5.41) is 12.6. The number of hydrogen-bond donors (Lipinski definition) is 5. The van der Waals surface area contributed by atoms with Crippen LogP contribution in [0.15, 0.2) is 114 Å². The summed E-state index contributed by atoms with van der Waals surface area (Å²) in [6, 6.07) is 33.6. The van der Waals surface area contributed by atoms with Crippen LogP contribution >= 0.6 is 15.9 Å². The minimum atomic E-state index is -0.583. The third kappa shape index (κ3) is 28.0. The van der Waals surface area contributed by atoms with Crippen molar-refractivity contribution in [2.24, 2.45) is 5.73 Å². The van der Waals surface area contributed by atoms with Gasteiger partial charge in [0.05, 0.1) is 0 Å². The number of pyridine rings is 6. The Balaban J connectivity index is 0.000000315. The first kappa shape index (κ1) is 71.9. The molecule has 6 aromatic heterocycles. The maximum atomic E-state index is 12.3. The van der Waals surface area contributed by atoms with Crippen molar-refractivity contribution in [2.45, 2.75) is 125 Å². The molecule has 468 valence electrons. The lowest BCUT2D eigenvalue weighted by Gasteiger charge is -2.24. The summed E-state index contributed by atoms with van der Waals surface area (Å²) in [5.41, 5.74) is 6.05.